The second-order valence-corrected chi connectivity index (χ2v) is 9.05. The molecule has 0 N–H and O–H groups in total. The Kier molecular flexibility index (Phi) is 5.18. The summed E-state index contributed by atoms with van der Waals surface area (Å²) in [5.74, 6) is 1.89. The molecule has 0 radical (unpaired) electrons. The van der Waals surface area contributed by atoms with E-state index in [1.165, 1.54) is 43.7 Å². The Morgan fingerprint density at radius 2 is 2.21 bits per heavy atom. The maximum absolute atomic E-state index is 6.24. The first-order chi connectivity index (χ1) is 11.7. The molecule has 0 aromatic carbocycles. The van der Waals surface area contributed by atoms with Gasteiger partial charge < -0.3 is 9.47 Å². The van der Waals surface area contributed by atoms with Crippen LogP contribution in [0, 0.1) is 5.92 Å². The lowest BCUT2D eigenvalue weighted by atomic mass is 9.92. The van der Waals surface area contributed by atoms with E-state index in [1.54, 1.807) is 0 Å². The summed E-state index contributed by atoms with van der Waals surface area (Å²) < 4.78 is 14.1. The van der Waals surface area contributed by atoms with Gasteiger partial charge in [-0.25, -0.2) is 0 Å². The molecule has 0 amide bonds. The molecule has 5 nitrogen and oxygen atoms in total. The van der Waals surface area contributed by atoms with Gasteiger partial charge in [-0.3, -0.25) is 9.58 Å². The van der Waals surface area contributed by atoms with Gasteiger partial charge in [-0.2, -0.15) is 5.10 Å². The third-order valence-corrected chi connectivity index (χ3v) is 7.10. The topological polar surface area (TPSA) is 39.5 Å². The number of ether oxygens (including phenoxy) is 2. The molecule has 1 aromatic heterocycles. The van der Waals surface area contributed by atoms with E-state index < -0.39 is 0 Å². The summed E-state index contributed by atoms with van der Waals surface area (Å²) in [4.78, 5) is 2.55. The first-order valence-corrected chi connectivity index (χ1v) is 10.3. The fourth-order valence-corrected chi connectivity index (χ4v) is 5.72. The summed E-state index contributed by atoms with van der Waals surface area (Å²) in [5.41, 5.74) is 1.34. The number of thioether (sulfide) groups is 1. The van der Waals surface area contributed by atoms with Crippen molar-refractivity contribution < 1.29 is 9.47 Å². The van der Waals surface area contributed by atoms with E-state index in [2.05, 4.69) is 34.9 Å². The Balaban J connectivity index is 1.18. The van der Waals surface area contributed by atoms with Crippen molar-refractivity contribution >= 4 is 11.8 Å². The van der Waals surface area contributed by atoms with Gasteiger partial charge in [0.15, 0.2) is 0 Å². The quantitative estimate of drug-likeness (QED) is 0.787. The summed E-state index contributed by atoms with van der Waals surface area (Å²) in [6.07, 6.45) is 8.21. The standard InChI is InChI=1S/C18H29N3O2S/c1-2-21-10-16(8-19-21)9-20-13-18(14-20)7-17(12-24-18)23-11-15-3-5-22-6-4-15/h8,10,15,17H,2-7,9,11-14H2,1H3/t17-/m0/s1. The van der Waals surface area contributed by atoms with Crippen LogP contribution in [0.15, 0.2) is 12.4 Å². The summed E-state index contributed by atoms with van der Waals surface area (Å²) >= 11 is 2.14. The monoisotopic (exact) mass is 351 g/mol. The van der Waals surface area contributed by atoms with Crippen LogP contribution in [0.2, 0.25) is 0 Å². The zero-order valence-corrected chi connectivity index (χ0v) is 15.5. The second kappa shape index (κ2) is 7.36. The van der Waals surface area contributed by atoms with Gasteiger partial charge in [0.2, 0.25) is 0 Å². The molecule has 1 aromatic rings. The van der Waals surface area contributed by atoms with Gasteiger partial charge in [-0.15, -0.1) is 11.8 Å². The number of hydrogen-bond donors (Lipinski definition) is 0. The van der Waals surface area contributed by atoms with Crippen molar-refractivity contribution in [2.75, 3.05) is 38.7 Å². The Morgan fingerprint density at radius 3 is 2.96 bits per heavy atom. The van der Waals surface area contributed by atoms with Crippen molar-refractivity contribution in [3.8, 4) is 0 Å². The van der Waals surface area contributed by atoms with Crippen LogP contribution >= 0.6 is 11.8 Å². The van der Waals surface area contributed by atoms with Crippen molar-refractivity contribution in [1.82, 2.24) is 14.7 Å². The molecular formula is C18H29N3O2S. The van der Waals surface area contributed by atoms with Crippen LogP contribution in [0.5, 0.6) is 0 Å². The Hall–Kier alpha value is -0.560. The van der Waals surface area contributed by atoms with Gasteiger partial charge in [0.1, 0.15) is 0 Å². The van der Waals surface area contributed by atoms with E-state index in [-0.39, 0.29) is 0 Å². The van der Waals surface area contributed by atoms with E-state index in [4.69, 9.17) is 9.47 Å². The number of aryl methyl sites for hydroxylation is 1. The highest BCUT2D eigenvalue weighted by Crippen LogP contribution is 2.46. The first kappa shape index (κ1) is 16.9. The fourth-order valence-electron chi connectivity index (χ4n) is 4.11. The average Bonchev–Trinajstić information content (AvgIpc) is 3.21. The van der Waals surface area contributed by atoms with E-state index in [9.17, 15) is 0 Å². The third kappa shape index (κ3) is 3.82. The smallest absolute Gasteiger partial charge is 0.0680 e. The van der Waals surface area contributed by atoms with Gasteiger partial charge in [-0.05, 0) is 32.1 Å². The lowest BCUT2D eigenvalue weighted by molar-refractivity contribution is -0.0133. The molecule has 0 aliphatic carbocycles. The zero-order valence-electron chi connectivity index (χ0n) is 14.7. The van der Waals surface area contributed by atoms with Crippen LogP contribution in [-0.4, -0.2) is 64.2 Å². The highest BCUT2D eigenvalue weighted by Gasteiger charge is 2.49. The number of likely N-dealkylation sites (tertiary alicyclic amines) is 1. The van der Waals surface area contributed by atoms with E-state index in [0.29, 0.717) is 16.8 Å². The van der Waals surface area contributed by atoms with Crippen molar-refractivity contribution in [1.29, 1.82) is 0 Å². The molecule has 0 bridgehead atoms. The molecule has 134 valence electrons. The largest absolute Gasteiger partial charge is 0.381 e. The summed E-state index contributed by atoms with van der Waals surface area (Å²) in [6.45, 7) is 9.29. The molecule has 3 saturated heterocycles. The van der Waals surface area contributed by atoms with E-state index in [0.717, 1.165) is 32.9 Å². The van der Waals surface area contributed by atoms with Gasteiger partial charge in [0.25, 0.3) is 0 Å². The number of hydrogen-bond acceptors (Lipinski definition) is 5. The Bertz CT molecular complexity index is 538. The molecule has 4 heterocycles. The van der Waals surface area contributed by atoms with Crippen LogP contribution in [0.25, 0.3) is 0 Å². The minimum Gasteiger partial charge on any atom is -0.381 e. The summed E-state index contributed by atoms with van der Waals surface area (Å²) in [7, 11) is 0. The fraction of sp³-hybridized carbons (Fsp3) is 0.833. The van der Waals surface area contributed by atoms with Gasteiger partial charge in [0, 0.05) is 68.3 Å². The molecule has 4 rings (SSSR count). The molecule has 6 heteroatoms. The summed E-state index contributed by atoms with van der Waals surface area (Å²) in [6, 6.07) is 0. The van der Waals surface area contributed by atoms with E-state index in [1.807, 2.05) is 10.9 Å². The molecule has 3 fully saturated rings. The SMILES string of the molecule is CCn1cc(CN2CC3(C[C@H](OCC4CCOCC4)CS3)C2)cn1. The highest BCUT2D eigenvalue weighted by atomic mass is 32.2. The predicted octanol–water partition coefficient (Wildman–Crippen LogP) is 2.41. The lowest BCUT2D eigenvalue weighted by Crippen LogP contribution is -2.58. The first-order valence-electron chi connectivity index (χ1n) is 9.32. The molecule has 0 unspecified atom stereocenters. The number of rotatable bonds is 6. The van der Waals surface area contributed by atoms with Crippen molar-refractivity contribution in [2.45, 2.75) is 50.1 Å². The Morgan fingerprint density at radius 1 is 1.38 bits per heavy atom. The number of nitrogens with zero attached hydrogens (tertiary/aromatic N) is 3. The molecule has 24 heavy (non-hydrogen) atoms. The van der Waals surface area contributed by atoms with Gasteiger partial charge >= 0.3 is 0 Å². The van der Waals surface area contributed by atoms with Crippen LogP contribution in [0.1, 0.15) is 31.7 Å². The van der Waals surface area contributed by atoms with Crippen LogP contribution < -0.4 is 0 Å². The zero-order chi connectivity index (χ0) is 16.4. The average molecular weight is 352 g/mol. The normalized spacial score (nSPS) is 27.6. The Labute approximate surface area is 149 Å². The van der Waals surface area contributed by atoms with Crippen molar-refractivity contribution in [3.05, 3.63) is 18.0 Å². The van der Waals surface area contributed by atoms with Crippen LogP contribution in [-0.2, 0) is 22.6 Å². The molecule has 3 aliphatic heterocycles. The molecule has 3 aliphatic rings. The van der Waals surface area contributed by atoms with Gasteiger partial charge in [0.05, 0.1) is 12.3 Å². The highest BCUT2D eigenvalue weighted by molar-refractivity contribution is 8.01. The molecule has 0 saturated carbocycles. The maximum Gasteiger partial charge on any atom is 0.0680 e. The molecule has 1 spiro atoms. The predicted molar refractivity (Wildman–Crippen MR) is 96.3 cm³/mol. The maximum atomic E-state index is 6.24. The van der Waals surface area contributed by atoms with Crippen molar-refractivity contribution in [2.24, 2.45) is 5.92 Å². The van der Waals surface area contributed by atoms with E-state index >= 15 is 0 Å². The minimum absolute atomic E-state index is 0.459. The van der Waals surface area contributed by atoms with Gasteiger partial charge in [-0.1, -0.05) is 0 Å². The molecule has 1 atom stereocenters. The van der Waals surface area contributed by atoms with Crippen LogP contribution in [0.3, 0.4) is 0 Å². The lowest BCUT2D eigenvalue weighted by Gasteiger charge is -2.47. The van der Waals surface area contributed by atoms with Crippen LogP contribution in [0.4, 0.5) is 0 Å². The second-order valence-electron chi connectivity index (χ2n) is 7.56. The third-order valence-electron chi connectivity index (χ3n) is 5.52. The molecular weight excluding hydrogens is 322 g/mol. The minimum atomic E-state index is 0.459. The summed E-state index contributed by atoms with van der Waals surface area (Å²) in [5, 5.41) is 4.37. The number of aromatic nitrogens is 2. The van der Waals surface area contributed by atoms with Crippen molar-refractivity contribution in [3.63, 3.8) is 0 Å².